The summed E-state index contributed by atoms with van der Waals surface area (Å²) in [6.07, 6.45) is 3.60. The minimum atomic E-state index is -0.743. The Bertz CT molecular complexity index is 379. The minimum absolute atomic E-state index is 0.0132. The van der Waals surface area contributed by atoms with Gasteiger partial charge in [-0.1, -0.05) is 53.9 Å². The van der Waals surface area contributed by atoms with E-state index in [-0.39, 0.29) is 23.8 Å². The smallest absolute Gasteiger partial charge is 0.248 e. The van der Waals surface area contributed by atoms with E-state index in [0.717, 1.165) is 19.3 Å². The van der Waals surface area contributed by atoms with E-state index in [1.54, 1.807) is 0 Å². The molecule has 4 nitrogen and oxygen atoms in total. The summed E-state index contributed by atoms with van der Waals surface area (Å²) in [6, 6.07) is -0.317. The van der Waals surface area contributed by atoms with Crippen molar-refractivity contribution in [3.8, 4) is 0 Å². The van der Waals surface area contributed by atoms with Crippen LogP contribution in [0.25, 0.3) is 0 Å². The van der Waals surface area contributed by atoms with Gasteiger partial charge in [-0.15, -0.1) is 0 Å². The maximum atomic E-state index is 12.9. The van der Waals surface area contributed by atoms with Gasteiger partial charge in [-0.25, -0.2) is 0 Å². The highest BCUT2D eigenvalue weighted by atomic mass is 16.2. The Balaban J connectivity index is 3.11. The van der Waals surface area contributed by atoms with Crippen LogP contribution in [0.15, 0.2) is 0 Å². The first-order chi connectivity index (χ1) is 9.84. The van der Waals surface area contributed by atoms with Gasteiger partial charge < -0.3 is 10.2 Å². The standard InChI is InChI=1S/C17H32N2O2/c1-7-12(5)14-15(20)18-17(6,10-4)16(21)19(14)11-13(8-2)9-3/h12-14H,7-11H2,1-6H3,(H,18,20). The minimum Gasteiger partial charge on any atom is -0.340 e. The number of amides is 2. The fourth-order valence-electron chi connectivity index (χ4n) is 3.03. The Hall–Kier alpha value is -1.06. The fourth-order valence-corrected chi connectivity index (χ4v) is 3.03. The maximum absolute atomic E-state index is 12.9. The molecule has 0 aromatic rings. The second-order valence-electron chi connectivity index (χ2n) is 6.65. The highest BCUT2D eigenvalue weighted by Crippen LogP contribution is 2.28. The molecule has 1 aliphatic rings. The lowest BCUT2D eigenvalue weighted by atomic mass is 9.86. The third-order valence-electron chi connectivity index (χ3n) is 5.24. The average molecular weight is 296 g/mol. The predicted molar refractivity (Wildman–Crippen MR) is 85.9 cm³/mol. The van der Waals surface area contributed by atoms with Gasteiger partial charge in [0.05, 0.1) is 0 Å². The van der Waals surface area contributed by atoms with Crippen LogP contribution in [0.4, 0.5) is 0 Å². The topological polar surface area (TPSA) is 49.4 Å². The molecule has 1 saturated heterocycles. The molecule has 0 aromatic carbocycles. The molecule has 0 aromatic heterocycles. The Morgan fingerprint density at radius 3 is 2.14 bits per heavy atom. The summed E-state index contributed by atoms with van der Waals surface area (Å²) in [6.45, 7) is 12.9. The van der Waals surface area contributed by atoms with Gasteiger partial charge >= 0.3 is 0 Å². The van der Waals surface area contributed by atoms with E-state index in [2.05, 4.69) is 33.0 Å². The van der Waals surface area contributed by atoms with Crippen LogP contribution in [0.5, 0.6) is 0 Å². The first-order valence-corrected chi connectivity index (χ1v) is 8.47. The molecule has 21 heavy (non-hydrogen) atoms. The maximum Gasteiger partial charge on any atom is 0.248 e. The molecule has 0 bridgehead atoms. The van der Waals surface area contributed by atoms with Gasteiger partial charge in [0, 0.05) is 6.54 Å². The van der Waals surface area contributed by atoms with Crippen molar-refractivity contribution in [1.82, 2.24) is 10.2 Å². The van der Waals surface area contributed by atoms with Gasteiger partial charge in [0.2, 0.25) is 11.8 Å². The second kappa shape index (κ2) is 7.28. The van der Waals surface area contributed by atoms with Gasteiger partial charge in [0.15, 0.2) is 0 Å². The summed E-state index contributed by atoms with van der Waals surface area (Å²) in [5.41, 5.74) is -0.743. The molecule has 3 atom stereocenters. The molecule has 1 rings (SSSR count). The van der Waals surface area contributed by atoms with Gasteiger partial charge in [-0.05, 0) is 25.2 Å². The van der Waals surface area contributed by atoms with Crippen LogP contribution < -0.4 is 5.32 Å². The number of nitrogens with one attached hydrogen (secondary N) is 1. The molecular weight excluding hydrogens is 264 g/mol. The van der Waals surface area contributed by atoms with Crippen molar-refractivity contribution in [3.05, 3.63) is 0 Å². The third-order valence-corrected chi connectivity index (χ3v) is 5.24. The van der Waals surface area contributed by atoms with Crippen molar-refractivity contribution in [2.75, 3.05) is 6.54 Å². The lowest BCUT2D eigenvalue weighted by Crippen LogP contribution is -2.70. The normalized spacial score (nSPS) is 28.0. The van der Waals surface area contributed by atoms with Crippen molar-refractivity contribution in [1.29, 1.82) is 0 Å². The Kier molecular flexibility index (Phi) is 6.24. The van der Waals surface area contributed by atoms with Crippen LogP contribution >= 0.6 is 0 Å². The third kappa shape index (κ3) is 3.58. The van der Waals surface area contributed by atoms with E-state index < -0.39 is 5.54 Å². The van der Waals surface area contributed by atoms with Gasteiger partial charge in [-0.3, -0.25) is 9.59 Å². The molecule has 3 unspecified atom stereocenters. The van der Waals surface area contributed by atoms with Gasteiger partial charge in [-0.2, -0.15) is 0 Å². The van der Waals surface area contributed by atoms with E-state index in [4.69, 9.17) is 0 Å². The SMILES string of the molecule is CCC(CC)CN1C(=O)C(C)(CC)NC(=O)C1C(C)CC. The summed E-state index contributed by atoms with van der Waals surface area (Å²) in [4.78, 5) is 27.4. The Morgan fingerprint density at radius 1 is 1.14 bits per heavy atom. The predicted octanol–water partition coefficient (Wildman–Crippen LogP) is 2.96. The van der Waals surface area contributed by atoms with Crippen LogP contribution in [0.1, 0.15) is 67.2 Å². The molecule has 2 amide bonds. The number of carbonyl (C=O) groups excluding carboxylic acids is 2. The van der Waals surface area contributed by atoms with Crippen LogP contribution in [-0.2, 0) is 9.59 Å². The molecule has 0 aliphatic carbocycles. The zero-order chi connectivity index (χ0) is 16.2. The molecule has 122 valence electrons. The van der Waals surface area contributed by atoms with Crippen LogP contribution in [0.2, 0.25) is 0 Å². The lowest BCUT2D eigenvalue weighted by molar-refractivity contribution is -0.157. The number of nitrogens with zero attached hydrogens (tertiary/aromatic N) is 1. The van der Waals surface area contributed by atoms with Crippen LogP contribution in [0.3, 0.4) is 0 Å². The van der Waals surface area contributed by atoms with Crippen molar-refractivity contribution in [2.45, 2.75) is 78.8 Å². The quantitative estimate of drug-likeness (QED) is 0.785. The molecule has 0 radical (unpaired) electrons. The van der Waals surface area contributed by atoms with Gasteiger partial charge in [0.25, 0.3) is 0 Å². The highest BCUT2D eigenvalue weighted by molar-refractivity contribution is 5.99. The molecule has 1 N–H and O–H groups in total. The number of rotatable bonds is 7. The lowest BCUT2D eigenvalue weighted by Gasteiger charge is -2.47. The van der Waals surface area contributed by atoms with Crippen molar-refractivity contribution < 1.29 is 9.59 Å². The van der Waals surface area contributed by atoms with Crippen LogP contribution in [-0.4, -0.2) is 34.8 Å². The zero-order valence-electron chi connectivity index (χ0n) is 14.5. The first-order valence-electron chi connectivity index (χ1n) is 8.47. The van der Waals surface area contributed by atoms with Gasteiger partial charge in [0.1, 0.15) is 11.6 Å². The Labute approximate surface area is 129 Å². The monoisotopic (exact) mass is 296 g/mol. The summed E-state index contributed by atoms with van der Waals surface area (Å²) < 4.78 is 0. The number of hydrogen-bond donors (Lipinski definition) is 1. The summed E-state index contributed by atoms with van der Waals surface area (Å²) in [7, 11) is 0. The van der Waals surface area contributed by atoms with E-state index in [1.165, 1.54) is 0 Å². The van der Waals surface area contributed by atoms with Crippen LogP contribution in [0, 0.1) is 11.8 Å². The molecule has 4 heteroatoms. The number of hydrogen-bond acceptors (Lipinski definition) is 2. The van der Waals surface area contributed by atoms with Crippen molar-refractivity contribution >= 4 is 11.8 Å². The van der Waals surface area contributed by atoms with E-state index in [1.807, 2.05) is 18.7 Å². The zero-order valence-corrected chi connectivity index (χ0v) is 14.5. The first kappa shape index (κ1) is 18.0. The highest BCUT2D eigenvalue weighted by Gasteiger charge is 2.48. The fraction of sp³-hybridized carbons (Fsp3) is 0.882. The average Bonchev–Trinajstić information content (AvgIpc) is 2.48. The summed E-state index contributed by atoms with van der Waals surface area (Å²) >= 11 is 0. The van der Waals surface area contributed by atoms with Crippen molar-refractivity contribution in [3.63, 3.8) is 0 Å². The molecule has 0 spiro atoms. The molecule has 1 heterocycles. The summed E-state index contributed by atoms with van der Waals surface area (Å²) in [5, 5.41) is 2.97. The number of piperazine rings is 1. The van der Waals surface area contributed by atoms with E-state index in [9.17, 15) is 9.59 Å². The van der Waals surface area contributed by atoms with E-state index in [0.29, 0.717) is 18.9 Å². The summed E-state index contributed by atoms with van der Waals surface area (Å²) in [5.74, 6) is 0.748. The van der Waals surface area contributed by atoms with E-state index >= 15 is 0 Å². The molecule has 0 saturated carbocycles. The molecular formula is C17H32N2O2. The second-order valence-corrected chi connectivity index (χ2v) is 6.65. The molecule has 1 aliphatic heterocycles. The Morgan fingerprint density at radius 2 is 1.71 bits per heavy atom. The number of carbonyl (C=O) groups is 2. The largest absolute Gasteiger partial charge is 0.340 e. The van der Waals surface area contributed by atoms with Crippen molar-refractivity contribution in [2.24, 2.45) is 11.8 Å². The molecule has 1 fully saturated rings.